The predicted octanol–water partition coefficient (Wildman–Crippen LogP) is 0.969. The van der Waals surface area contributed by atoms with Crippen molar-refractivity contribution in [1.29, 1.82) is 0 Å². The molecular formula is C17H29NO5. The molecule has 4 fully saturated rings. The van der Waals surface area contributed by atoms with Crippen molar-refractivity contribution < 1.29 is 24.1 Å². The van der Waals surface area contributed by atoms with Crippen molar-refractivity contribution in [2.45, 2.75) is 75.4 Å². The SMILES string of the molecule is COC1C2CC(C(C)(C)O)OC2N(C)C2C1CCC1OCOC12. The number of hydrogen-bond donors (Lipinski definition) is 1. The van der Waals surface area contributed by atoms with Gasteiger partial charge in [-0.15, -0.1) is 0 Å². The van der Waals surface area contributed by atoms with E-state index in [-0.39, 0.29) is 36.7 Å². The van der Waals surface area contributed by atoms with Crippen LogP contribution in [0.2, 0.25) is 0 Å². The van der Waals surface area contributed by atoms with Crippen molar-refractivity contribution in [2.24, 2.45) is 11.8 Å². The summed E-state index contributed by atoms with van der Waals surface area (Å²) in [5.41, 5.74) is -0.836. The average Bonchev–Trinajstić information content (AvgIpc) is 3.13. The number of aliphatic hydroxyl groups is 1. The Morgan fingerprint density at radius 3 is 2.65 bits per heavy atom. The molecule has 4 rings (SSSR count). The third kappa shape index (κ3) is 2.46. The molecule has 1 N–H and O–H groups in total. The Morgan fingerprint density at radius 1 is 1.17 bits per heavy atom. The van der Waals surface area contributed by atoms with Crippen molar-refractivity contribution in [3.63, 3.8) is 0 Å². The number of fused-ring (bicyclic) bond motifs is 4. The van der Waals surface area contributed by atoms with Crippen molar-refractivity contribution in [2.75, 3.05) is 21.0 Å². The van der Waals surface area contributed by atoms with Crippen LogP contribution >= 0.6 is 0 Å². The first-order valence-electron chi connectivity index (χ1n) is 8.77. The summed E-state index contributed by atoms with van der Waals surface area (Å²) in [4.78, 5) is 2.32. The molecule has 3 heterocycles. The van der Waals surface area contributed by atoms with E-state index < -0.39 is 5.60 Å². The lowest BCUT2D eigenvalue weighted by molar-refractivity contribution is -0.203. The highest BCUT2D eigenvalue weighted by atomic mass is 16.7. The summed E-state index contributed by atoms with van der Waals surface area (Å²) in [6, 6.07) is 0.253. The van der Waals surface area contributed by atoms with Crippen LogP contribution in [0, 0.1) is 11.8 Å². The van der Waals surface area contributed by atoms with Gasteiger partial charge >= 0.3 is 0 Å². The molecule has 0 spiro atoms. The third-order valence-corrected chi connectivity index (χ3v) is 6.40. The van der Waals surface area contributed by atoms with Gasteiger partial charge in [0, 0.05) is 25.0 Å². The summed E-state index contributed by atoms with van der Waals surface area (Å²) in [6.07, 6.45) is 3.22. The summed E-state index contributed by atoms with van der Waals surface area (Å²) in [6.45, 7) is 4.05. The van der Waals surface area contributed by atoms with E-state index in [2.05, 4.69) is 11.9 Å². The number of ether oxygens (including phenoxy) is 4. The fourth-order valence-electron chi connectivity index (χ4n) is 5.31. The van der Waals surface area contributed by atoms with E-state index >= 15 is 0 Å². The van der Waals surface area contributed by atoms with E-state index in [1.165, 1.54) is 0 Å². The molecule has 6 heteroatoms. The molecule has 0 radical (unpaired) electrons. The molecule has 3 aliphatic heterocycles. The first kappa shape index (κ1) is 16.2. The van der Waals surface area contributed by atoms with Crippen LogP contribution in [0.5, 0.6) is 0 Å². The van der Waals surface area contributed by atoms with Crippen molar-refractivity contribution in [1.82, 2.24) is 4.90 Å². The van der Waals surface area contributed by atoms with Crippen LogP contribution in [0.15, 0.2) is 0 Å². The molecule has 0 aromatic heterocycles. The van der Waals surface area contributed by atoms with Crippen LogP contribution < -0.4 is 0 Å². The molecule has 6 nitrogen and oxygen atoms in total. The van der Waals surface area contributed by atoms with E-state index in [0.29, 0.717) is 18.6 Å². The fourth-order valence-corrected chi connectivity index (χ4v) is 5.31. The van der Waals surface area contributed by atoms with Gasteiger partial charge in [0.2, 0.25) is 0 Å². The van der Waals surface area contributed by atoms with Gasteiger partial charge in [-0.3, -0.25) is 4.90 Å². The predicted molar refractivity (Wildman–Crippen MR) is 82.8 cm³/mol. The van der Waals surface area contributed by atoms with Gasteiger partial charge in [-0.2, -0.15) is 0 Å². The molecule has 4 aliphatic rings. The monoisotopic (exact) mass is 327 g/mol. The number of methoxy groups -OCH3 is 1. The van der Waals surface area contributed by atoms with Gasteiger partial charge in [-0.05, 0) is 40.2 Å². The summed E-state index contributed by atoms with van der Waals surface area (Å²) < 4.78 is 23.9. The minimum atomic E-state index is -0.836. The molecule has 8 atom stereocenters. The Morgan fingerprint density at radius 2 is 1.96 bits per heavy atom. The van der Waals surface area contributed by atoms with Crippen LogP contribution in [-0.2, 0) is 18.9 Å². The fraction of sp³-hybridized carbons (Fsp3) is 1.00. The summed E-state index contributed by atoms with van der Waals surface area (Å²) in [5.74, 6) is 0.722. The Kier molecular flexibility index (Phi) is 3.99. The number of likely N-dealkylation sites (N-methyl/N-ethyl adjacent to an activating group) is 1. The summed E-state index contributed by atoms with van der Waals surface area (Å²) >= 11 is 0. The molecule has 1 aliphatic carbocycles. The smallest absolute Gasteiger partial charge is 0.147 e. The van der Waals surface area contributed by atoms with Crippen molar-refractivity contribution >= 4 is 0 Å². The summed E-state index contributed by atoms with van der Waals surface area (Å²) in [5, 5.41) is 10.4. The standard InChI is InChI=1S/C17H29NO5/c1-17(2,19)12-7-10-14(20-4)9-5-6-11-15(22-8-21-11)13(9)18(3)16(10)23-12/h9-16,19H,5-8H2,1-4H3. The van der Waals surface area contributed by atoms with Crippen molar-refractivity contribution in [3.05, 3.63) is 0 Å². The van der Waals surface area contributed by atoms with Crippen LogP contribution in [0.1, 0.15) is 33.1 Å². The molecular weight excluding hydrogens is 298 g/mol. The molecule has 0 aromatic rings. The molecule has 3 saturated heterocycles. The Labute approximate surface area is 138 Å². The first-order chi connectivity index (χ1) is 10.9. The number of nitrogens with zero attached hydrogens (tertiary/aromatic N) is 1. The second-order valence-electron chi connectivity index (χ2n) is 8.12. The van der Waals surface area contributed by atoms with Gasteiger partial charge < -0.3 is 24.1 Å². The van der Waals surface area contributed by atoms with Gasteiger partial charge in [0.05, 0.1) is 23.9 Å². The van der Waals surface area contributed by atoms with E-state index in [1.807, 2.05) is 13.8 Å². The largest absolute Gasteiger partial charge is 0.388 e. The molecule has 8 unspecified atom stereocenters. The second kappa shape index (κ2) is 5.64. The maximum Gasteiger partial charge on any atom is 0.147 e. The maximum absolute atomic E-state index is 10.4. The van der Waals surface area contributed by atoms with Crippen molar-refractivity contribution in [3.8, 4) is 0 Å². The molecule has 0 amide bonds. The average molecular weight is 327 g/mol. The number of likely N-dealkylation sites (tertiary alicyclic amines) is 1. The minimum Gasteiger partial charge on any atom is -0.388 e. The zero-order valence-electron chi connectivity index (χ0n) is 14.5. The van der Waals surface area contributed by atoms with E-state index in [0.717, 1.165) is 19.3 Å². The lowest BCUT2D eigenvalue weighted by Gasteiger charge is -2.53. The zero-order valence-corrected chi connectivity index (χ0v) is 14.5. The van der Waals surface area contributed by atoms with Crippen LogP contribution in [0.25, 0.3) is 0 Å². The Hall–Kier alpha value is -0.240. The second-order valence-corrected chi connectivity index (χ2v) is 8.12. The van der Waals surface area contributed by atoms with Crippen LogP contribution in [0.4, 0.5) is 0 Å². The minimum absolute atomic E-state index is 0.0272. The van der Waals surface area contributed by atoms with E-state index in [9.17, 15) is 5.11 Å². The first-order valence-corrected chi connectivity index (χ1v) is 8.77. The highest BCUT2D eigenvalue weighted by Gasteiger charge is 2.59. The number of hydrogen-bond acceptors (Lipinski definition) is 6. The number of piperidine rings is 1. The quantitative estimate of drug-likeness (QED) is 0.815. The van der Waals surface area contributed by atoms with E-state index in [4.69, 9.17) is 18.9 Å². The molecule has 132 valence electrons. The Bertz CT molecular complexity index is 453. The van der Waals surface area contributed by atoms with Gasteiger partial charge in [0.25, 0.3) is 0 Å². The molecule has 0 bridgehead atoms. The zero-order chi connectivity index (χ0) is 16.4. The molecule has 1 saturated carbocycles. The lowest BCUT2D eigenvalue weighted by Crippen LogP contribution is -2.65. The number of rotatable bonds is 2. The third-order valence-electron chi connectivity index (χ3n) is 6.40. The Balaban J connectivity index is 1.63. The maximum atomic E-state index is 10.4. The van der Waals surface area contributed by atoms with Gasteiger partial charge in [0.1, 0.15) is 19.1 Å². The topological polar surface area (TPSA) is 60.4 Å². The van der Waals surface area contributed by atoms with Crippen LogP contribution in [-0.4, -0.2) is 73.2 Å². The van der Waals surface area contributed by atoms with E-state index in [1.54, 1.807) is 7.11 Å². The summed E-state index contributed by atoms with van der Waals surface area (Å²) in [7, 11) is 3.93. The van der Waals surface area contributed by atoms with Gasteiger partial charge in [0.15, 0.2) is 0 Å². The molecule has 0 aromatic carbocycles. The van der Waals surface area contributed by atoms with Gasteiger partial charge in [-0.1, -0.05) is 0 Å². The highest BCUT2D eigenvalue weighted by Crippen LogP contribution is 2.49. The van der Waals surface area contributed by atoms with Crippen LogP contribution in [0.3, 0.4) is 0 Å². The highest BCUT2D eigenvalue weighted by molar-refractivity contribution is 5.08. The van der Waals surface area contributed by atoms with Gasteiger partial charge in [-0.25, -0.2) is 0 Å². The lowest BCUT2D eigenvalue weighted by atomic mass is 9.69. The normalized spacial score (nSPS) is 50.5. The molecule has 23 heavy (non-hydrogen) atoms.